The van der Waals surface area contributed by atoms with E-state index in [2.05, 4.69) is 56.0 Å². The molecule has 6 nitrogen and oxygen atoms in total. The zero-order chi connectivity index (χ0) is 23.1. The summed E-state index contributed by atoms with van der Waals surface area (Å²) in [5, 5.41) is 4.52. The SMILES string of the molecule is CC(C)(C)[Si](C)(C)OCC#Cc1cccc2c1c1cccnc1n2C1CCC(=O)NC1=O. The number of benzene rings is 1. The molecule has 7 heteroatoms. The number of pyridine rings is 1. The second-order valence-corrected chi connectivity index (χ2v) is 14.6. The average molecular weight is 448 g/mol. The Morgan fingerprint density at radius 1 is 1.22 bits per heavy atom. The van der Waals surface area contributed by atoms with Crippen molar-refractivity contribution in [3.63, 3.8) is 0 Å². The third-order valence-corrected chi connectivity index (χ3v) is 11.1. The van der Waals surface area contributed by atoms with Crippen LogP contribution in [0.1, 0.15) is 45.2 Å². The molecule has 1 aliphatic heterocycles. The van der Waals surface area contributed by atoms with Gasteiger partial charge in [-0.25, -0.2) is 4.98 Å². The summed E-state index contributed by atoms with van der Waals surface area (Å²) < 4.78 is 8.15. The molecule has 0 bridgehead atoms. The first-order valence-corrected chi connectivity index (χ1v) is 13.8. The third kappa shape index (κ3) is 3.96. The molecule has 1 aromatic carbocycles. The van der Waals surface area contributed by atoms with Crippen LogP contribution < -0.4 is 5.32 Å². The molecule has 2 amide bonds. The van der Waals surface area contributed by atoms with Crippen molar-refractivity contribution < 1.29 is 14.0 Å². The number of imide groups is 1. The van der Waals surface area contributed by atoms with Crippen molar-refractivity contribution in [2.75, 3.05) is 6.61 Å². The molecule has 0 aliphatic carbocycles. The Morgan fingerprint density at radius 3 is 2.72 bits per heavy atom. The van der Waals surface area contributed by atoms with Gasteiger partial charge in [-0.1, -0.05) is 38.7 Å². The number of hydrogen-bond acceptors (Lipinski definition) is 4. The molecule has 3 heterocycles. The fourth-order valence-corrected chi connectivity index (χ4v) is 4.70. The molecule has 166 valence electrons. The monoisotopic (exact) mass is 447 g/mol. The quantitative estimate of drug-likeness (QED) is 0.363. The Balaban J connectivity index is 1.76. The van der Waals surface area contributed by atoms with E-state index in [1.54, 1.807) is 6.20 Å². The largest absolute Gasteiger partial charge is 0.406 e. The Kier molecular flexibility index (Phi) is 5.70. The van der Waals surface area contributed by atoms with Crippen molar-refractivity contribution >= 4 is 42.1 Å². The van der Waals surface area contributed by atoms with E-state index in [1.807, 2.05) is 34.9 Å². The number of carbonyl (C=O) groups is 2. The zero-order valence-electron chi connectivity index (χ0n) is 19.3. The normalized spacial score (nSPS) is 17.3. The van der Waals surface area contributed by atoms with Gasteiger partial charge >= 0.3 is 0 Å². The van der Waals surface area contributed by atoms with Crippen LogP contribution in [0.3, 0.4) is 0 Å². The summed E-state index contributed by atoms with van der Waals surface area (Å²) in [7, 11) is -1.86. The number of carbonyl (C=O) groups excluding carboxylic acids is 2. The van der Waals surface area contributed by atoms with Gasteiger partial charge in [-0.3, -0.25) is 14.9 Å². The topological polar surface area (TPSA) is 73.2 Å². The smallest absolute Gasteiger partial charge is 0.249 e. The second-order valence-electron chi connectivity index (χ2n) is 9.76. The molecule has 1 N–H and O–H groups in total. The van der Waals surface area contributed by atoms with E-state index < -0.39 is 14.4 Å². The summed E-state index contributed by atoms with van der Waals surface area (Å²) >= 11 is 0. The lowest BCUT2D eigenvalue weighted by atomic mass is 10.1. The highest BCUT2D eigenvalue weighted by molar-refractivity contribution is 6.74. The summed E-state index contributed by atoms with van der Waals surface area (Å²) in [6.45, 7) is 11.5. The minimum atomic E-state index is -1.86. The maximum absolute atomic E-state index is 12.6. The van der Waals surface area contributed by atoms with Crippen molar-refractivity contribution in [3.05, 3.63) is 42.1 Å². The highest BCUT2D eigenvalue weighted by Crippen LogP contribution is 2.37. The van der Waals surface area contributed by atoms with Crippen LogP contribution in [0, 0.1) is 11.8 Å². The number of piperidine rings is 1. The number of rotatable bonds is 3. The fourth-order valence-electron chi connectivity index (χ4n) is 3.83. The number of fused-ring (bicyclic) bond motifs is 3. The molecular formula is C25H29N3O3Si. The van der Waals surface area contributed by atoms with Gasteiger partial charge in [0, 0.05) is 29.0 Å². The lowest BCUT2D eigenvalue weighted by Crippen LogP contribution is -2.41. The molecule has 1 unspecified atom stereocenters. The van der Waals surface area contributed by atoms with Gasteiger partial charge in [0.05, 0.1) is 12.1 Å². The van der Waals surface area contributed by atoms with E-state index in [0.29, 0.717) is 19.4 Å². The number of amides is 2. The Bertz CT molecular complexity index is 1270. The Hall–Kier alpha value is -2.95. The van der Waals surface area contributed by atoms with Crippen LogP contribution in [0.5, 0.6) is 0 Å². The first-order valence-electron chi connectivity index (χ1n) is 10.9. The van der Waals surface area contributed by atoms with Gasteiger partial charge in [0.2, 0.25) is 11.8 Å². The maximum Gasteiger partial charge on any atom is 0.249 e. The van der Waals surface area contributed by atoms with Crippen LogP contribution in [0.2, 0.25) is 18.1 Å². The van der Waals surface area contributed by atoms with Crippen LogP contribution in [-0.2, 0) is 14.0 Å². The standard InChI is InChI=1S/C25H29N3O3Si/c1-25(2,3)32(4,5)31-16-8-10-17-9-6-12-19-22(17)18-11-7-15-26-23(18)28(19)20-13-14-21(29)27-24(20)30/h6-7,9,11-12,15,20H,13-14,16H2,1-5H3,(H,27,29,30). The van der Waals surface area contributed by atoms with E-state index in [4.69, 9.17) is 4.43 Å². The van der Waals surface area contributed by atoms with Gasteiger partial charge in [-0.15, -0.1) is 0 Å². The number of nitrogens with zero attached hydrogens (tertiary/aromatic N) is 2. The van der Waals surface area contributed by atoms with Crippen molar-refractivity contribution in [1.82, 2.24) is 14.9 Å². The van der Waals surface area contributed by atoms with Crippen LogP contribution in [0.15, 0.2) is 36.5 Å². The molecule has 2 aromatic heterocycles. The lowest BCUT2D eigenvalue weighted by Gasteiger charge is -2.35. The molecule has 1 atom stereocenters. The molecular weight excluding hydrogens is 418 g/mol. The molecule has 4 rings (SSSR count). The van der Waals surface area contributed by atoms with Gasteiger partial charge < -0.3 is 8.99 Å². The lowest BCUT2D eigenvalue weighted by molar-refractivity contribution is -0.135. The van der Waals surface area contributed by atoms with Gasteiger partial charge in [0.15, 0.2) is 8.32 Å². The van der Waals surface area contributed by atoms with Gasteiger partial charge in [0.1, 0.15) is 11.7 Å². The molecule has 1 fully saturated rings. The molecule has 1 aliphatic rings. The van der Waals surface area contributed by atoms with E-state index in [0.717, 1.165) is 27.5 Å². The highest BCUT2D eigenvalue weighted by Gasteiger charge is 2.36. The summed E-state index contributed by atoms with van der Waals surface area (Å²) in [4.78, 5) is 28.9. The van der Waals surface area contributed by atoms with E-state index in [-0.39, 0.29) is 16.9 Å². The van der Waals surface area contributed by atoms with Crippen LogP contribution in [0.25, 0.3) is 21.9 Å². The van der Waals surface area contributed by atoms with Gasteiger partial charge in [0.25, 0.3) is 0 Å². The van der Waals surface area contributed by atoms with Crippen LogP contribution in [0.4, 0.5) is 0 Å². The summed E-state index contributed by atoms with van der Waals surface area (Å²) in [5.74, 6) is 5.97. The molecule has 0 saturated carbocycles. The fraction of sp³-hybridized carbons (Fsp3) is 0.400. The Labute approximate surface area is 189 Å². The van der Waals surface area contributed by atoms with Crippen molar-refractivity contribution in [1.29, 1.82) is 0 Å². The summed E-state index contributed by atoms with van der Waals surface area (Å²) in [5.41, 5.74) is 2.50. The average Bonchev–Trinajstić information content (AvgIpc) is 3.05. The number of aromatic nitrogens is 2. The summed E-state index contributed by atoms with van der Waals surface area (Å²) in [6, 6.07) is 9.34. The van der Waals surface area contributed by atoms with Crippen LogP contribution >= 0.6 is 0 Å². The first-order chi connectivity index (χ1) is 15.1. The third-order valence-electron chi connectivity index (χ3n) is 6.64. The molecule has 1 saturated heterocycles. The van der Waals surface area contributed by atoms with Gasteiger partial charge in [-0.05, 0) is 48.8 Å². The van der Waals surface area contributed by atoms with Crippen molar-refractivity contribution in [3.8, 4) is 11.8 Å². The van der Waals surface area contributed by atoms with E-state index in [9.17, 15) is 9.59 Å². The second kappa shape index (κ2) is 8.19. The van der Waals surface area contributed by atoms with Crippen molar-refractivity contribution in [2.24, 2.45) is 0 Å². The number of hydrogen-bond donors (Lipinski definition) is 1. The zero-order valence-corrected chi connectivity index (χ0v) is 20.3. The maximum atomic E-state index is 12.6. The molecule has 3 aromatic rings. The van der Waals surface area contributed by atoms with Crippen molar-refractivity contribution in [2.45, 2.75) is 57.8 Å². The molecule has 32 heavy (non-hydrogen) atoms. The van der Waals surface area contributed by atoms with E-state index >= 15 is 0 Å². The Morgan fingerprint density at radius 2 is 2.00 bits per heavy atom. The minimum Gasteiger partial charge on any atom is -0.406 e. The number of nitrogens with one attached hydrogen (secondary N) is 1. The highest BCUT2D eigenvalue weighted by atomic mass is 28.4. The van der Waals surface area contributed by atoms with Gasteiger partial charge in [-0.2, -0.15) is 0 Å². The predicted octanol–water partition coefficient (Wildman–Crippen LogP) is 4.54. The van der Waals surface area contributed by atoms with Crippen LogP contribution in [-0.4, -0.2) is 36.3 Å². The molecule has 0 spiro atoms. The minimum absolute atomic E-state index is 0.135. The summed E-state index contributed by atoms with van der Waals surface area (Å²) in [6.07, 6.45) is 2.49. The molecule has 0 radical (unpaired) electrons. The first kappa shape index (κ1) is 22.2. The predicted molar refractivity (Wildman–Crippen MR) is 129 cm³/mol. The van der Waals surface area contributed by atoms with E-state index in [1.165, 1.54) is 0 Å².